The minimum atomic E-state index is -0.397. The number of aryl methyl sites for hydroxylation is 1. The van der Waals surface area contributed by atoms with Crippen LogP contribution in [0.25, 0.3) is 0 Å². The number of nitrogens with one attached hydrogen (secondary N) is 1. The van der Waals surface area contributed by atoms with E-state index in [-0.39, 0.29) is 17.9 Å². The number of carbonyl (C=O) groups excluding carboxylic acids is 2. The molecule has 0 radical (unpaired) electrons. The first-order chi connectivity index (χ1) is 13.7. The van der Waals surface area contributed by atoms with E-state index in [9.17, 15) is 9.59 Å². The molecular formula is C24H28N2O2. The molecule has 0 spiro atoms. The molecule has 1 N–H and O–H groups in total. The van der Waals surface area contributed by atoms with Crippen LogP contribution in [0.15, 0.2) is 54.6 Å². The Morgan fingerprint density at radius 1 is 1.04 bits per heavy atom. The summed E-state index contributed by atoms with van der Waals surface area (Å²) in [5.74, 6) is 0.350. The predicted octanol–water partition coefficient (Wildman–Crippen LogP) is 4.66. The van der Waals surface area contributed by atoms with E-state index in [0.29, 0.717) is 11.5 Å². The van der Waals surface area contributed by atoms with Crippen molar-refractivity contribution < 1.29 is 9.59 Å². The van der Waals surface area contributed by atoms with Crippen molar-refractivity contribution in [2.75, 3.05) is 5.32 Å². The van der Waals surface area contributed by atoms with Crippen LogP contribution in [0.1, 0.15) is 54.9 Å². The van der Waals surface area contributed by atoms with E-state index >= 15 is 0 Å². The standard InChI is InChI=1S/C24H28N2O2/c1-2-17-9-8-13-20(15-17)25-23(27)22-16-19-12-6-7-14-21(19)26(22)24(28)18-10-4-3-5-11-18/h3-5,8-11,13,15,19,21-22H,2,6-7,12,14,16H2,1H3,(H,25,27). The second kappa shape index (κ2) is 8.17. The zero-order valence-electron chi connectivity index (χ0n) is 16.4. The number of hydrogen-bond acceptors (Lipinski definition) is 2. The Labute approximate surface area is 166 Å². The second-order valence-electron chi connectivity index (χ2n) is 7.99. The second-order valence-corrected chi connectivity index (χ2v) is 7.99. The third-order valence-corrected chi connectivity index (χ3v) is 6.25. The summed E-state index contributed by atoms with van der Waals surface area (Å²) in [7, 11) is 0. The summed E-state index contributed by atoms with van der Waals surface area (Å²) in [5.41, 5.74) is 2.67. The average molecular weight is 376 g/mol. The molecule has 2 aromatic rings. The number of hydrogen-bond donors (Lipinski definition) is 1. The number of fused-ring (bicyclic) bond motifs is 1. The predicted molar refractivity (Wildman–Crippen MR) is 111 cm³/mol. The molecular weight excluding hydrogens is 348 g/mol. The third kappa shape index (κ3) is 3.68. The Morgan fingerprint density at radius 2 is 1.82 bits per heavy atom. The van der Waals surface area contributed by atoms with Crippen molar-refractivity contribution >= 4 is 17.5 Å². The van der Waals surface area contributed by atoms with Gasteiger partial charge in [0.2, 0.25) is 5.91 Å². The monoisotopic (exact) mass is 376 g/mol. The molecule has 1 aliphatic carbocycles. The molecule has 28 heavy (non-hydrogen) atoms. The average Bonchev–Trinajstić information content (AvgIpc) is 3.14. The first-order valence-electron chi connectivity index (χ1n) is 10.4. The molecule has 3 unspecified atom stereocenters. The maximum absolute atomic E-state index is 13.3. The Hall–Kier alpha value is -2.62. The minimum Gasteiger partial charge on any atom is -0.324 e. The van der Waals surface area contributed by atoms with Gasteiger partial charge in [-0.1, -0.05) is 50.1 Å². The van der Waals surface area contributed by atoms with Crippen molar-refractivity contribution in [3.63, 3.8) is 0 Å². The van der Waals surface area contributed by atoms with Gasteiger partial charge in [-0.15, -0.1) is 0 Å². The first kappa shape index (κ1) is 18.7. The molecule has 0 aromatic heterocycles. The molecule has 1 heterocycles. The molecule has 1 aliphatic heterocycles. The highest BCUT2D eigenvalue weighted by atomic mass is 16.2. The third-order valence-electron chi connectivity index (χ3n) is 6.25. The topological polar surface area (TPSA) is 49.4 Å². The number of carbonyl (C=O) groups is 2. The van der Waals surface area contributed by atoms with Gasteiger partial charge >= 0.3 is 0 Å². The van der Waals surface area contributed by atoms with Gasteiger partial charge in [-0.3, -0.25) is 9.59 Å². The molecule has 1 saturated carbocycles. The van der Waals surface area contributed by atoms with Crippen molar-refractivity contribution in [1.29, 1.82) is 0 Å². The molecule has 2 aliphatic rings. The van der Waals surface area contributed by atoms with Crippen molar-refractivity contribution in [1.82, 2.24) is 4.90 Å². The maximum Gasteiger partial charge on any atom is 0.254 e. The van der Waals surface area contributed by atoms with Crippen molar-refractivity contribution in [2.24, 2.45) is 5.92 Å². The number of rotatable bonds is 4. The molecule has 0 bridgehead atoms. The fourth-order valence-corrected chi connectivity index (χ4v) is 4.81. The lowest BCUT2D eigenvalue weighted by molar-refractivity contribution is -0.120. The summed E-state index contributed by atoms with van der Waals surface area (Å²) in [5, 5.41) is 3.07. The van der Waals surface area contributed by atoms with Crippen molar-refractivity contribution in [2.45, 2.75) is 57.5 Å². The zero-order valence-corrected chi connectivity index (χ0v) is 16.4. The lowest BCUT2D eigenvalue weighted by Gasteiger charge is -2.33. The van der Waals surface area contributed by atoms with Crippen LogP contribution in [0, 0.1) is 5.92 Å². The van der Waals surface area contributed by atoms with E-state index in [4.69, 9.17) is 0 Å². The normalized spacial score (nSPS) is 23.9. The highest BCUT2D eigenvalue weighted by molar-refractivity contribution is 6.01. The molecule has 3 atom stereocenters. The Morgan fingerprint density at radius 3 is 2.61 bits per heavy atom. The number of likely N-dealkylation sites (tertiary alicyclic amines) is 1. The number of anilines is 1. The van der Waals surface area contributed by atoms with E-state index in [1.54, 1.807) is 0 Å². The van der Waals surface area contributed by atoms with Crippen LogP contribution in [0.3, 0.4) is 0 Å². The van der Waals surface area contributed by atoms with E-state index in [0.717, 1.165) is 37.8 Å². The van der Waals surface area contributed by atoms with Crippen LogP contribution < -0.4 is 5.32 Å². The minimum absolute atomic E-state index is 0.0162. The van der Waals surface area contributed by atoms with Crippen molar-refractivity contribution in [3.05, 3.63) is 65.7 Å². The van der Waals surface area contributed by atoms with Gasteiger partial charge in [-0.05, 0) is 61.4 Å². The smallest absolute Gasteiger partial charge is 0.254 e. The van der Waals surface area contributed by atoms with Gasteiger partial charge in [0.05, 0.1) is 0 Å². The van der Waals surface area contributed by atoms with Crippen LogP contribution >= 0.6 is 0 Å². The lowest BCUT2D eigenvalue weighted by Crippen LogP contribution is -2.47. The van der Waals surface area contributed by atoms with E-state index < -0.39 is 6.04 Å². The molecule has 4 rings (SSSR count). The maximum atomic E-state index is 13.3. The Balaban J connectivity index is 1.59. The zero-order chi connectivity index (χ0) is 19.5. The van der Waals surface area contributed by atoms with Crippen LogP contribution in [-0.2, 0) is 11.2 Å². The SMILES string of the molecule is CCc1cccc(NC(=O)C2CC3CCCCC3N2C(=O)c2ccccc2)c1. The molecule has 2 aromatic carbocycles. The van der Waals surface area contributed by atoms with Crippen LogP contribution in [0.2, 0.25) is 0 Å². The van der Waals surface area contributed by atoms with Crippen molar-refractivity contribution in [3.8, 4) is 0 Å². The van der Waals surface area contributed by atoms with Gasteiger partial charge in [-0.2, -0.15) is 0 Å². The highest BCUT2D eigenvalue weighted by Gasteiger charge is 2.47. The van der Waals surface area contributed by atoms with E-state index in [1.807, 2.05) is 53.4 Å². The first-order valence-corrected chi connectivity index (χ1v) is 10.4. The van der Waals surface area contributed by atoms with E-state index in [2.05, 4.69) is 18.3 Å². The summed E-state index contributed by atoms with van der Waals surface area (Å²) in [6.07, 6.45) is 6.13. The van der Waals surface area contributed by atoms with Crippen LogP contribution in [0.4, 0.5) is 5.69 Å². The summed E-state index contributed by atoms with van der Waals surface area (Å²) in [6.45, 7) is 2.10. The fraction of sp³-hybridized carbons (Fsp3) is 0.417. The summed E-state index contributed by atoms with van der Waals surface area (Å²) < 4.78 is 0. The summed E-state index contributed by atoms with van der Waals surface area (Å²) in [6, 6.07) is 17.1. The molecule has 146 valence electrons. The van der Waals surface area contributed by atoms with E-state index in [1.165, 1.54) is 12.0 Å². The summed E-state index contributed by atoms with van der Waals surface area (Å²) in [4.78, 5) is 28.4. The highest BCUT2D eigenvalue weighted by Crippen LogP contribution is 2.40. The van der Waals surface area contributed by atoms with Crippen LogP contribution in [-0.4, -0.2) is 28.8 Å². The fourth-order valence-electron chi connectivity index (χ4n) is 4.81. The lowest BCUT2D eigenvalue weighted by atomic mass is 9.84. The Kier molecular flexibility index (Phi) is 5.47. The van der Waals surface area contributed by atoms with Gasteiger partial charge in [0, 0.05) is 17.3 Å². The van der Waals surface area contributed by atoms with Crippen LogP contribution in [0.5, 0.6) is 0 Å². The number of benzene rings is 2. The van der Waals surface area contributed by atoms with Gasteiger partial charge in [-0.25, -0.2) is 0 Å². The molecule has 2 amide bonds. The summed E-state index contributed by atoms with van der Waals surface area (Å²) >= 11 is 0. The molecule has 4 nitrogen and oxygen atoms in total. The molecule has 1 saturated heterocycles. The van der Waals surface area contributed by atoms with Gasteiger partial charge < -0.3 is 10.2 Å². The number of amides is 2. The largest absolute Gasteiger partial charge is 0.324 e. The quantitative estimate of drug-likeness (QED) is 0.844. The number of nitrogens with zero attached hydrogens (tertiary/aromatic N) is 1. The Bertz CT molecular complexity index is 849. The molecule has 4 heteroatoms. The van der Waals surface area contributed by atoms with Gasteiger partial charge in [0.1, 0.15) is 6.04 Å². The van der Waals surface area contributed by atoms with Gasteiger partial charge in [0.15, 0.2) is 0 Å². The molecule has 2 fully saturated rings. The van der Waals surface area contributed by atoms with Gasteiger partial charge in [0.25, 0.3) is 5.91 Å².